The topological polar surface area (TPSA) is 74.2 Å². The fourth-order valence-electron chi connectivity index (χ4n) is 4.23. The summed E-state index contributed by atoms with van der Waals surface area (Å²) >= 11 is 0. The van der Waals surface area contributed by atoms with Gasteiger partial charge in [0.15, 0.2) is 11.5 Å². The van der Waals surface area contributed by atoms with Crippen LogP contribution in [0.4, 0.5) is 5.95 Å². The van der Waals surface area contributed by atoms with Gasteiger partial charge in [-0.05, 0) is 64.2 Å². The molecule has 0 spiro atoms. The van der Waals surface area contributed by atoms with Gasteiger partial charge in [0.2, 0.25) is 5.95 Å². The van der Waals surface area contributed by atoms with Crippen molar-refractivity contribution in [1.29, 1.82) is 0 Å². The fourth-order valence-corrected chi connectivity index (χ4v) is 4.23. The molecule has 8 heteroatoms. The monoisotopic (exact) mass is 443 g/mol. The van der Waals surface area contributed by atoms with Crippen LogP contribution < -0.4 is 14.4 Å². The number of β-amino-alcohol motifs (C(OH)–C–C–N with tert-alkyl or cyclic N) is 1. The van der Waals surface area contributed by atoms with Crippen LogP contribution in [0.5, 0.6) is 11.5 Å². The minimum absolute atomic E-state index is 0.532. The molecule has 3 rings (SSSR count). The van der Waals surface area contributed by atoms with Gasteiger partial charge in [0, 0.05) is 38.6 Å². The van der Waals surface area contributed by atoms with Crippen LogP contribution in [0.3, 0.4) is 0 Å². The minimum atomic E-state index is -0.800. The number of nitrogens with zero attached hydrogens (tertiary/aromatic N) is 5. The molecule has 176 valence electrons. The summed E-state index contributed by atoms with van der Waals surface area (Å²) in [5.74, 6) is 2.19. The fraction of sp³-hybridized carbons (Fsp3) is 0.583. The molecule has 1 aliphatic heterocycles. The maximum atomic E-state index is 11.3. The Hall–Kier alpha value is -2.42. The quantitative estimate of drug-likeness (QED) is 0.530. The van der Waals surface area contributed by atoms with Crippen molar-refractivity contribution in [3.63, 3.8) is 0 Å². The van der Waals surface area contributed by atoms with Gasteiger partial charge in [-0.15, -0.1) is 0 Å². The molecule has 2 heterocycles. The molecule has 1 fully saturated rings. The van der Waals surface area contributed by atoms with Gasteiger partial charge in [-0.3, -0.25) is 4.90 Å². The SMILES string of the molecule is COc1cc(CN(C)C[C@]2(O)CCCN(c3ncccn3)C2)ccc1OCCCN(C)C. The Balaban J connectivity index is 1.56. The van der Waals surface area contributed by atoms with Crippen LogP contribution in [0.25, 0.3) is 0 Å². The molecule has 0 saturated carbocycles. The molecule has 1 aliphatic rings. The number of methoxy groups -OCH3 is 1. The first-order valence-corrected chi connectivity index (χ1v) is 11.3. The highest BCUT2D eigenvalue weighted by Crippen LogP contribution is 2.29. The molecule has 0 unspecified atom stereocenters. The third-order valence-corrected chi connectivity index (χ3v) is 5.64. The molecule has 1 atom stereocenters. The number of aromatic nitrogens is 2. The normalized spacial score (nSPS) is 18.9. The third-order valence-electron chi connectivity index (χ3n) is 5.64. The summed E-state index contributed by atoms with van der Waals surface area (Å²) in [5, 5.41) is 11.3. The van der Waals surface area contributed by atoms with E-state index in [9.17, 15) is 5.11 Å². The zero-order valence-electron chi connectivity index (χ0n) is 19.8. The van der Waals surface area contributed by atoms with Crippen LogP contribution in [0.15, 0.2) is 36.7 Å². The molecule has 8 nitrogen and oxygen atoms in total. The zero-order chi connectivity index (χ0) is 23.0. The molecule has 2 aromatic rings. The van der Waals surface area contributed by atoms with Crippen molar-refractivity contribution < 1.29 is 14.6 Å². The van der Waals surface area contributed by atoms with E-state index in [2.05, 4.69) is 44.8 Å². The third kappa shape index (κ3) is 7.05. The summed E-state index contributed by atoms with van der Waals surface area (Å²) in [4.78, 5) is 15.1. The number of ether oxygens (including phenoxy) is 2. The van der Waals surface area contributed by atoms with Gasteiger partial charge in [-0.25, -0.2) is 9.97 Å². The number of likely N-dealkylation sites (N-methyl/N-ethyl adjacent to an activating group) is 1. The number of aliphatic hydroxyl groups is 1. The maximum Gasteiger partial charge on any atom is 0.225 e. The Labute approximate surface area is 191 Å². The van der Waals surface area contributed by atoms with E-state index in [1.807, 2.05) is 25.2 Å². The summed E-state index contributed by atoms with van der Waals surface area (Å²) in [6, 6.07) is 7.87. The molecule has 0 aliphatic carbocycles. The first-order chi connectivity index (χ1) is 15.4. The van der Waals surface area contributed by atoms with Crippen molar-refractivity contribution >= 4 is 5.95 Å². The lowest BCUT2D eigenvalue weighted by Crippen LogP contribution is -2.54. The predicted molar refractivity (Wildman–Crippen MR) is 126 cm³/mol. The first-order valence-electron chi connectivity index (χ1n) is 11.3. The minimum Gasteiger partial charge on any atom is -0.493 e. The number of hydrogen-bond donors (Lipinski definition) is 1. The van der Waals surface area contributed by atoms with E-state index in [0.29, 0.717) is 32.2 Å². The first kappa shape index (κ1) is 24.2. The second kappa shape index (κ2) is 11.4. The Bertz CT molecular complexity index is 836. The maximum absolute atomic E-state index is 11.3. The lowest BCUT2D eigenvalue weighted by molar-refractivity contribution is -0.00366. The highest BCUT2D eigenvalue weighted by molar-refractivity contribution is 5.43. The van der Waals surface area contributed by atoms with E-state index >= 15 is 0 Å². The number of hydrogen-bond acceptors (Lipinski definition) is 8. The van der Waals surface area contributed by atoms with Gasteiger partial charge in [0.1, 0.15) is 0 Å². The molecule has 1 N–H and O–H groups in total. The Kier molecular flexibility index (Phi) is 8.67. The van der Waals surface area contributed by atoms with E-state index in [0.717, 1.165) is 49.4 Å². The van der Waals surface area contributed by atoms with Crippen LogP contribution >= 0.6 is 0 Å². The summed E-state index contributed by atoms with van der Waals surface area (Å²) in [6.07, 6.45) is 6.13. The van der Waals surface area contributed by atoms with E-state index in [4.69, 9.17) is 9.47 Å². The second-order valence-electron chi connectivity index (χ2n) is 8.96. The number of anilines is 1. The number of rotatable bonds is 11. The Morgan fingerprint density at radius 1 is 1.16 bits per heavy atom. The molecular formula is C24H37N5O3. The molecule has 32 heavy (non-hydrogen) atoms. The van der Waals surface area contributed by atoms with Crippen LogP contribution in [0, 0.1) is 0 Å². The summed E-state index contributed by atoms with van der Waals surface area (Å²) < 4.78 is 11.5. The average molecular weight is 444 g/mol. The van der Waals surface area contributed by atoms with Gasteiger partial charge in [-0.2, -0.15) is 0 Å². The van der Waals surface area contributed by atoms with E-state index in [-0.39, 0.29) is 0 Å². The smallest absolute Gasteiger partial charge is 0.225 e. The molecule has 1 saturated heterocycles. The molecule has 1 aromatic heterocycles. The van der Waals surface area contributed by atoms with Gasteiger partial charge >= 0.3 is 0 Å². The summed E-state index contributed by atoms with van der Waals surface area (Å²) in [6.45, 7) is 4.32. The van der Waals surface area contributed by atoms with E-state index < -0.39 is 5.60 Å². The molecular weight excluding hydrogens is 406 g/mol. The second-order valence-corrected chi connectivity index (χ2v) is 8.96. The Morgan fingerprint density at radius 2 is 1.94 bits per heavy atom. The van der Waals surface area contributed by atoms with Crippen molar-refractivity contribution in [2.75, 3.05) is 65.9 Å². The lowest BCUT2D eigenvalue weighted by atomic mass is 9.92. The van der Waals surface area contributed by atoms with Gasteiger partial charge in [-0.1, -0.05) is 6.07 Å². The van der Waals surface area contributed by atoms with Gasteiger partial charge in [0.05, 0.1) is 25.9 Å². The van der Waals surface area contributed by atoms with Gasteiger partial charge in [0.25, 0.3) is 0 Å². The molecule has 1 aromatic carbocycles. The molecule has 0 bridgehead atoms. The van der Waals surface area contributed by atoms with Gasteiger partial charge < -0.3 is 24.4 Å². The lowest BCUT2D eigenvalue weighted by Gasteiger charge is -2.41. The Morgan fingerprint density at radius 3 is 2.66 bits per heavy atom. The predicted octanol–water partition coefficient (Wildman–Crippen LogP) is 2.28. The van der Waals surface area contributed by atoms with E-state index in [1.54, 1.807) is 19.5 Å². The van der Waals surface area contributed by atoms with Crippen LogP contribution in [-0.4, -0.2) is 91.5 Å². The van der Waals surface area contributed by atoms with Crippen molar-refractivity contribution in [3.8, 4) is 11.5 Å². The highest BCUT2D eigenvalue weighted by Gasteiger charge is 2.35. The van der Waals surface area contributed by atoms with Crippen molar-refractivity contribution in [1.82, 2.24) is 19.8 Å². The molecule has 0 radical (unpaired) electrons. The summed E-state index contributed by atoms with van der Waals surface area (Å²) in [7, 11) is 7.82. The van der Waals surface area contributed by atoms with Crippen LogP contribution in [0.1, 0.15) is 24.8 Å². The average Bonchev–Trinajstić information content (AvgIpc) is 2.77. The van der Waals surface area contributed by atoms with Crippen LogP contribution in [-0.2, 0) is 6.54 Å². The van der Waals surface area contributed by atoms with Crippen LogP contribution in [0.2, 0.25) is 0 Å². The van der Waals surface area contributed by atoms with Crippen molar-refractivity contribution in [2.24, 2.45) is 0 Å². The summed E-state index contributed by atoms with van der Waals surface area (Å²) in [5.41, 5.74) is 0.318. The largest absolute Gasteiger partial charge is 0.493 e. The van der Waals surface area contributed by atoms with Crippen molar-refractivity contribution in [2.45, 2.75) is 31.4 Å². The number of piperidine rings is 1. The van der Waals surface area contributed by atoms with Crippen molar-refractivity contribution in [3.05, 3.63) is 42.2 Å². The zero-order valence-corrected chi connectivity index (χ0v) is 19.8. The standard InChI is InChI=1S/C24H37N5O3/c1-27(2)13-7-15-32-21-9-8-20(16-22(21)31-4)17-28(3)18-24(30)10-5-14-29(19-24)23-25-11-6-12-26-23/h6,8-9,11-12,16,30H,5,7,10,13-15,17-19H2,1-4H3/t24-/m1/s1. The molecule has 0 amide bonds. The van der Waals surface area contributed by atoms with E-state index in [1.165, 1.54) is 0 Å². The highest BCUT2D eigenvalue weighted by atomic mass is 16.5. The number of benzene rings is 1.